The fourth-order valence-corrected chi connectivity index (χ4v) is 2.46. The molecule has 3 saturated heterocycles. The monoisotopic (exact) mass is 257 g/mol. The molecule has 3 rings (SSSR count). The van der Waals surface area contributed by atoms with E-state index >= 15 is 0 Å². The van der Waals surface area contributed by atoms with Gasteiger partial charge in [-0.1, -0.05) is 0 Å². The van der Waals surface area contributed by atoms with Gasteiger partial charge in [-0.15, -0.1) is 0 Å². The predicted octanol–water partition coefficient (Wildman–Crippen LogP) is -0.116. The number of ether oxygens (including phenoxy) is 4. The van der Waals surface area contributed by atoms with Crippen LogP contribution in [0.5, 0.6) is 0 Å². The molecular formula is C11H15NO6. The Morgan fingerprint density at radius 2 is 2.00 bits per heavy atom. The van der Waals surface area contributed by atoms with Crippen molar-refractivity contribution in [2.75, 3.05) is 20.3 Å². The van der Waals surface area contributed by atoms with Gasteiger partial charge in [-0.2, -0.15) is 0 Å². The summed E-state index contributed by atoms with van der Waals surface area (Å²) in [5, 5.41) is 0. The molecule has 1 amide bonds. The van der Waals surface area contributed by atoms with Gasteiger partial charge in [0.25, 0.3) is 5.79 Å². The summed E-state index contributed by atoms with van der Waals surface area (Å²) in [6.07, 6.45) is -1.36. The Labute approximate surface area is 104 Å². The van der Waals surface area contributed by atoms with E-state index < -0.39 is 23.8 Å². The summed E-state index contributed by atoms with van der Waals surface area (Å²) in [7, 11) is 1.58. The number of hydrogen-bond acceptors (Lipinski definition) is 6. The molecule has 18 heavy (non-hydrogen) atoms. The molecule has 1 spiro atoms. The lowest BCUT2D eigenvalue weighted by atomic mass is 9.97. The average molecular weight is 257 g/mol. The van der Waals surface area contributed by atoms with Crippen molar-refractivity contribution in [2.45, 2.75) is 37.6 Å². The normalized spacial score (nSPS) is 42.3. The molecule has 0 aromatic rings. The third-order valence-corrected chi connectivity index (χ3v) is 3.50. The molecule has 3 aliphatic heterocycles. The van der Waals surface area contributed by atoms with Crippen LogP contribution in [0, 0.1) is 0 Å². The van der Waals surface area contributed by atoms with Crippen LogP contribution in [0.2, 0.25) is 0 Å². The van der Waals surface area contributed by atoms with Crippen LogP contribution in [0.3, 0.4) is 0 Å². The van der Waals surface area contributed by atoms with Crippen molar-refractivity contribution >= 4 is 11.9 Å². The SMILES string of the molecule is CN1C(=O)OC2C(=O)[C@@]3(COC(C)(C)O3)OC[C@H]21. The van der Waals surface area contributed by atoms with Crippen LogP contribution >= 0.6 is 0 Å². The van der Waals surface area contributed by atoms with Gasteiger partial charge < -0.3 is 23.8 Å². The first-order valence-corrected chi connectivity index (χ1v) is 5.80. The number of carbonyl (C=O) groups excluding carboxylic acids is 2. The van der Waals surface area contributed by atoms with Gasteiger partial charge in [0.05, 0.1) is 6.61 Å². The fraction of sp³-hybridized carbons (Fsp3) is 0.818. The quantitative estimate of drug-likeness (QED) is 0.602. The smallest absolute Gasteiger partial charge is 0.410 e. The van der Waals surface area contributed by atoms with Crippen molar-refractivity contribution in [3.63, 3.8) is 0 Å². The molecule has 3 fully saturated rings. The van der Waals surface area contributed by atoms with Crippen molar-refractivity contribution in [1.82, 2.24) is 4.90 Å². The second kappa shape index (κ2) is 3.43. The number of ketones is 1. The summed E-state index contributed by atoms with van der Waals surface area (Å²) >= 11 is 0. The third-order valence-electron chi connectivity index (χ3n) is 3.50. The van der Waals surface area contributed by atoms with E-state index in [1.54, 1.807) is 20.9 Å². The first-order chi connectivity index (χ1) is 8.35. The fourth-order valence-electron chi connectivity index (χ4n) is 2.46. The van der Waals surface area contributed by atoms with Crippen LogP contribution in [0.1, 0.15) is 13.8 Å². The zero-order valence-electron chi connectivity index (χ0n) is 10.5. The maximum absolute atomic E-state index is 12.4. The molecular weight excluding hydrogens is 242 g/mol. The minimum absolute atomic E-state index is 0.0172. The number of carbonyl (C=O) groups is 2. The highest BCUT2D eigenvalue weighted by atomic mass is 16.8. The molecule has 0 saturated carbocycles. The molecule has 0 aliphatic carbocycles. The van der Waals surface area contributed by atoms with E-state index in [2.05, 4.69) is 0 Å². The Balaban J connectivity index is 1.87. The van der Waals surface area contributed by atoms with Crippen LogP contribution < -0.4 is 0 Å². The van der Waals surface area contributed by atoms with E-state index in [9.17, 15) is 9.59 Å². The molecule has 3 aliphatic rings. The molecule has 3 heterocycles. The second-order valence-electron chi connectivity index (χ2n) is 5.20. The largest absolute Gasteiger partial charge is 0.435 e. The minimum atomic E-state index is -1.43. The van der Waals surface area contributed by atoms with Gasteiger partial charge >= 0.3 is 6.09 Å². The van der Waals surface area contributed by atoms with E-state index in [1.165, 1.54) is 4.90 Å². The summed E-state index contributed by atoms with van der Waals surface area (Å²) in [4.78, 5) is 25.2. The number of hydrogen-bond donors (Lipinski definition) is 0. The van der Waals surface area contributed by atoms with Gasteiger partial charge in [0.15, 0.2) is 11.9 Å². The van der Waals surface area contributed by atoms with E-state index in [1.807, 2.05) is 0 Å². The standard InChI is InChI=1S/C11H15NO6/c1-10(2)16-5-11(18-10)8(13)7-6(4-15-11)12(3)9(14)17-7/h6-7H,4-5H2,1-3H3/t6-,7?,11+/m1/s1. The Kier molecular flexibility index (Phi) is 2.27. The van der Waals surface area contributed by atoms with Crippen LogP contribution in [0.4, 0.5) is 4.79 Å². The molecule has 7 nitrogen and oxygen atoms in total. The Hall–Kier alpha value is -1.18. The number of amides is 1. The van der Waals surface area contributed by atoms with Crippen LogP contribution in [-0.4, -0.2) is 60.8 Å². The molecule has 0 aromatic heterocycles. The van der Waals surface area contributed by atoms with Crippen molar-refractivity contribution < 1.29 is 28.5 Å². The highest BCUT2D eigenvalue weighted by Crippen LogP contribution is 2.39. The Morgan fingerprint density at radius 3 is 2.61 bits per heavy atom. The summed E-state index contributed by atoms with van der Waals surface area (Å²) in [6, 6.07) is -0.386. The third kappa shape index (κ3) is 1.47. The molecule has 0 radical (unpaired) electrons. The van der Waals surface area contributed by atoms with Crippen molar-refractivity contribution in [2.24, 2.45) is 0 Å². The topological polar surface area (TPSA) is 74.3 Å². The maximum Gasteiger partial charge on any atom is 0.410 e. The van der Waals surface area contributed by atoms with E-state index in [4.69, 9.17) is 18.9 Å². The first-order valence-electron chi connectivity index (χ1n) is 5.80. The summed E-state index contributed by atoms with van der Waals surface area (Å²) in [5.41, 5.74) is 0. The number of likely N-dealkylation sites (N-methyl/N-ethyl adjacent to an activating group) is 1. The summed E-state index contributed by atoms with van der Waals surface area (Å²) < 4.78 is 21.6. The highest BCUT2D eigenvalue weighted by molar-refractivity contribution is 5.95. The van der Waals surface area contributed by atoms with Crippen LogP contribution in [0.15, 0.2) is 0 Å². The second-order valence-corrected chi connectivity index (χ2v) is 5.20. The van der Waals surface area contributed by atoms with Crippen molar-refractivity contribution in [3.05, 3.63) is 0 Å². The van der Waals surface area contributed by atoms with Crippen LogP contribution in [-0.2, 0) is 23.7 Å². The van der Waals surface area contributed by atoms with E-state index in [0.29, 0.717) is 0 Å². The van der Waals surface area contributed by atoms with Crippen LogP contribution in [0.25, 0.3) is 0 Å². The zero-order valence-corrected chi connectivity index (χ0v) is 10.5. The van der Waals surface area contributed by atoms with E-state index in [-0.39, 0.29) is 25.0 Å². The lowest BCUT2D eigenvalue weighted by Crippen LogP contribution is -2.60. The van der Waals surface area contributed by atoms with Gasteiger partial charge in [0.2, 0.25) is 5.78 Å². The minimum Gasteiger partial charge on any atom is -0.435 e. The highest BCUT2D eigenvalue weighted by Gasteiger charge is 2.62. The van der Waals surface area contributed by atoms with Crippen molar-refractivity contribution in [3.8, 4) is 0 Å². The first kappa shape index (κ1) is 11.9. The molecule has 0 N–H and O–H groups in total. The Bertz CT molecular complexity index is 422. The number of nitrogens with zero attached hydrogens (tertiary/aromatic N) is 1. The Morgan fingerprint density at radius 1 is 1.28 bits per heavy atom. The molecule has 3 atom stereocenters. The maximum atomic E-state index is 12.4. The molecule has 0 bridgehead atoms. The predicted molar refractivity (Wildman–Crippen MR) is 56.6 cm³/mol. The van der Waals surface area contributed by atoms with Gasteiger partial charge in [0, 0.05) is 7.05 Å². The van der Waals surface area contributed by atoms with E-state index in [0.717, 1.165) is 0 Å². The number of rotatable bonds is 0. The van der Waals surface area contributed by atoms with Gasteiger partial charge in [-0.3, -0.25) is 4.79 Å². The zero-order chi connectivity index (χ0) is 13.1. The number of fused-ring (bicyclic) bond motifs is 1. The number of Topliss-reactive ketones (excluding diaryl/α,β-unsaturated/α-hetero) is 1. The molecule has 7 heteroatoms. The van der Waals surface area contributed by atoms with Gasteiger partial charge in [0.1, 0.15) is 12.6 Å². The molecule has 100 valence electrons. The van der Waals surface area contributed by atoms with Crippen molar-refractivity contribution in [1.29, 1.82) is 0 Å². The average Bonchev–Trinajstić information content (AvgIpc) is 2.75. The lowest BCUT2D eigenvalue weighted by Gasteiger charge is -2.36. The van der Waals surface area contributed by atoms with Gasteiger partial charge in [-0.05, 0) is 13.8 Å². The summed E-state index contributed by atoms with van der Waals surface area (Å²) in [6.45, 7) is 3.62. The van der Waals surface area contributed by atoms with Gasteiger partial charge in [-0.25, -0.2) is 4.79 Å². The molecule has 0 aromatic carbocycles. The summed E-state index contributed by atoms with van der Waals surface area (Å²) in [5.74, 6) is -2.70. The molecule has 1 unspecified atom stereocenters. The lowest BCUT2D eigenvalue weighted by molar-refractivity contribution is -0.260.